The van der Waals surface area contributed by atoms with Gasteiger partial charge >= 0.3 is 0 Å². The first-order chi connectivity index (χ1) is 12.6. The van der Waals surface area contributed by atoms with Crippen molar-refractivity contribution in [2.45, 2.75) is 32.9 Å². The molecule has 4 nitrogen and oxygen atoms in total. The Bertz CT molecular complexity index is 798. The first-order valence-corrected chi connectivity index (χ1v) is 9.35. The number of hydrogen-bond donors (Lipinski definition) is 1. The van der Waals surface area contributed by atoms with Crippen LogP contribution < -0.4 is 5.32 Å². The molecule has 2 atom stereocenters. The van der Waals surface area contributed by atoms with Crippen LogP contribution in [0.15, 0.2) is 48.5 Å². The maximum Gasteiger partial charge on any atom is 0.224 e. The summed E-state index contributed by atoms with van der Waals surface area (Å²) < 4.78 is 0. The van der Waals surface area contributed by atoms with E-state index in [-0.39, 0.29) is 17.7 Å². The van der Waals surface area contributed by atoms with E-state index in [2.05, 4.69) is 36.5 Å². The smallest absolute Gasteiger partial charge is 0.224 e. The number of carbonyl (C=O) groups is 2. The molecule has 0 saturated heterocycles. The maximum absolute atomic E-state index is 12.8. The number of benzene rings is 2. The SMILES string of the molecule is C[C@@H]1C[C@@H]1C(=O)NCCC(=O)N1Cc2ccccc2-c2ccccc2C1. The summed E-state index contributed by atoms with van der Waals surface area (Å²) in [5.74, 6) is 0.823. The summed E-state index contributed by atoms with van der Waals surface area (Å²) in [6.45, 7) is 3.72. The molecule has 0 aromatic heterocycles. The van der Waals surface area contributed by atoms with Gasteiger partial charge in [0.15, 0.2) is 0 Å². The van der Waals surface area contributed by atoms with E-state index in [4.69, 9.17) is 0 Å². The molecule has 1 aliphatic carbocycles. The van der Waals surface area contributed by atoms with Gasteiger partial charge in [-0.15, -0.1) is 0 Å². The lowest BCUT2D eigenvalue weighted by Gasteiger charge is -2.21. The normalized spacial score (nSPS) is 20.6. The van der Waals surface area contributed by atoms with Crippen LogP contribution >= 0.6 is 0 Å². The van der Waals surface area contributed by atoms with Crippen molar-refractivity contribution < 1.29 is 9.59 Å². The Kier molecular flexibility index (Phi) is 4.49. The molecule has 1 N–H and O–H groups in total. The Morgan fingerprint density at radius 2 is 1.54 bits per heavy atom. The minimum Gasteiger partial charge on any atom is -0.355 e. The second kappa shape index (κ2) is 6.94. The van der Waals surface area contributed by atoms with Gasteiger partial charge in [-0.1, -0.05) is 55.5 Å². The van der Waals surface area contributed by atoms with E-state index >= 15 is 0 Å². The topological polar surface area (TPSA) is 49.4 Å². The fourth-order valence-corrected chi connectivity index (χ4v) is 3.75. The van der Waals surface area contributed by atoms with Crippen LogP contribution in [0.3, 0.4) is 0 Å². The molecule has 2 aromatic rings. The van der Waals surface area contributed by atoms with Gasteiger partial charge in [-0.25, -0.2) is 0 Å². The van der Waals surface area contributed by atoms with Crippen LogP contribution in [-0.4, -0.2) is 23.3 Å². The van der Waals surface area contributed by atoms with Gasteiger partial charge in [-0.3, -0.25) is 9.59 Å². The van der Waals surface area contributed by atoms with E-state index in [9.17, 15) is 9.59 Å². The molecule has 2 amide bonds. The second-order valence-electron chi connectivity index (χ2n) is 7.42. The zero-order chi connectivity index (χ0) is 18.1. The predicted molar refractivity (Wildman–Crippen MR) is 101 cm³/mol. The summed E-state index contributed by atoms with van der Waals surface area (Å²) in [4.78, 5) is 26.6. The lowest BCUT2D eigenvalue weighted by molar-refractivity contribution is -0.132. The monoisotopic (exact) mass is 348 g/mol. The van der Waals surface area contributed by atoms with Gasteiger partial charge in [0.05, 0.1) is 0 Å². The lowest BCUT2D eigenvalue weighted by Crippen LogP contribution is -2.34. The Morgan fingerprint density at radius 1 is 1.00 bits per heavy atom. The zero-order valence-electron chi connectivity index (χ0n) is 15.1. The lowest BCUT2D eigenvalue weighted by atomic mass is 9.97. The molecule has 0 spiro atoms. The molecule has 26 heavy (non-hydrogen) atoms. The number of amides is 2. The van der Waals surface area contributed by atoms with Gasteiger partial charge in [-0.2, -0.15) is 0 Å². The van der Waals surface area contributed by atoms with Gasteiger partial charge < -0.3 is 10.2 Å². The summed E-state index contributed by atoms with van der Waals surface area (Å²) in [7, 11) is 0. The molecule has 2 aromatic carbocycles. The Labute approximate surface area is 154 Å². The molecular weight excluding hydrogens is 324 g/mol. The first kappa shape index (κ1) is 16.8. The summed E-state index contributed by atoms with van der Waals surface area (Å²) in [6.07, 6.45) is 1.32. The van der Waals surface area contributed by atoms with E-state index in [0.717, 1.165) is 6.42 Å². The van der Waals surface area contributed by atoms with Crippen LogP contribution in [0.2, 0.25) is 0 Å². The largest absolute Gasteiger partial charge is 0.355 e. The van der Waals surface area contributed by atoms with Crippen molar-refractivity contribution in [1.82, 2.24) is 10.2 Å². The van der Waals surface area contributed by atoms with E-state index in [1.54, 1.807) is 0 Å². The highest BCUT2D eigenvalue weighted by molar-refractivity contribution is 5.83. The quantitative estimate of drug-likeness (QED) is 0.921. The van der Waals surface area contributed by atoms with Crippen molar-refractivity contribution in [3.05, 3.63) is 59.7 Å². The van der Waals surface area contributed by atoms with Gasteiger partial charge in [0.1, 0.15) is 0 Å². The van der Waals surface area contributed by atoms with Crippen molar-refractivity contribution in [3.8, 4) is 11.1 Å². The van der Waals surface area contributed by atoms with Crippen molar-refractivity contribution in [2.75, 3.05) is 6.54 Å². The van der Waals surface area contributed by atoms with Crippen LogP contribution in [-0.2, 0) is 22.7 Å². The fraction of sp³-hybridized carbons (Fsp3) is 0.364. The number of nitrogens with zero attached hydrogens (tertiary/aromatic N) is 1. The highest BCUT2D eigenvalue weighted by Gasteiger charge is 2.38. The number of rotatable bonds is 4. The van der Waals surface area contributed by atoms with Crippen LogP contribution in [0.5, 0.6) is 0 Å². The summed E-state index contributed by atoms with van der Waals surface area (Å²) in [5.41, 5.74) is 4.74. The first-order valence-electron chi connectivity index (χ1n) is 9.35. The predicted octanol–water partition coefficient (Wildman–Crippen LogP) is 3.36. The number of nitrogens with one attached hydrogen (secondary N) is 1. The Morgan fingerprint density at radius 3 is 2.08 bits per heavy atom. The maximum atomic E-state index is 12.8. The molecule has 1 heterocycles. The average molecular weight is 348 g/mol. The summed E-state index contributed by atoms with van der Waals surface area (Å²) in [6, 6.07) is 16.6. The van der Waals surface area contributed by atoms with Crippen molar-refractivity contribution in [1.29, 1.82) is 0 Å². The van der Waals surface area contributed by atoms with Crippen molar-refractivity contribution >= 4 is 11.8 Å². The van der Waals surface area contributed by atoms with E-state index in [1.165, 1.54) is 22.3 Å². The third-order valence-corrected chi connectivity index (χ3v) is 5.48. The summed E-state index contributed by atoms with van der Waals surface area (Å²) >= 11 is 0. The van der Waals surface area contributed by atoms with Crippen LogP contribution in [0.25, 0.3) is 11.1 Å². The van der Waals surface area contributed by atoms with E-state index < -0.39 is 0 Å². The van der Waals surface area contributed by atoms with E-state index in [0.29, 0.717) is 32.0 Å². The van der Waals surface area contributed by atoms with Crippen molar-refractivity contribution in [2.24, 2.45) is 11.8 Å². The molecule has 1 fully saturated rings. The number of fused-ring (bicyclic) bond motifs is 3. The highest BCUT2D eigenvalue weighted by Crippen LogP contribution is 2.37. The number of carbonyl (C=O) groups excluding carboxylic acids is 2. The summed E-state index contributed by atoms with van der Waals surface area (Å²) in [5, 5.41) is 2.91. The molecule has 134 valence electrons. The van der Waals surface area contributed by atoms with Crippen LogP contribution in [0.4, 0.5) is 0 Å². The van der Waals surface area contributed by atoms with Crippen LogP contribution in [0, 0.1) is 11.8 Å². The van der Waals surface area contributed by atoms with Gasteiger partial charge in [-0.05, 0) is 34.6 Å². The molecule has 1 saturated carbocycles. The zero-order valence-corrected chi connectivity index (χ0v) is 15.1. The van der Waals surface area contributed by atoms with Gasteiger partial charge in [0.2, 0.25) is 11.8 Å². The van der Waals surface area contributed by atoms with E-state index in [1.807, 2.05) is 29.2 Å². The van der Waals surface area contributed by atoms with Crippen molar-refractivity contribution in [3.63, 3.8) is 0 Å². The molecule has 1 aliphatic heterocycles. The molecule has 0 bridgehead atoms. The standard InChI is InChI=1S/C22H24N2O2/c1-15-12-20(15)22(26)23-11-10-21(25)24-13-16-6-2-4-8-18(16)19-9-5-3-7-17(19)14-24/h2-9,15,20H,10-14H2,1H3,(H,23,26)/t15-,20+/m1/s1. The molecule has 4 heteroatoms. The van der Waals surface area contributed by atoms with Crippen LogP contribution in [0.1, 0.15) is 30.9 Å². The molecule has 0 unspecified atom stereocenters. The Balaban J connectivity index is 1.46. The number of hydrogen-bond acceptors (Lipinski definition) is 2. The average Bonchev–Trinajstić information content (AvgIpc) is 3.41. The van der Waals surface area contributed by atoms with Gasteiger partial charge in [0, 0.05) is 32.0 Å². The molecule has 4 rings (SSSR count). The fourth-order valence-electron chi connectivity index (χ4n) is 3.75. The second-order valence-corrected chi connectivity index (χ2v) is 7.42. The molecule has 0 radical (unpaired) electrons. The third kappa shape index (κ3) is 3.36. The minimum atomic E-state index is 0.0839. The Hall–Kier alpha value is -2.62. The highest BCUT2D eigenvalue weighted by atomic mass is 16.2. The molecule has 2 aliphatic rings. The molecular formula is C22H24N2O2. The third-order valence-electron chi connectivity index (χ3n) is 5.48. The minimum absolute atomic E-state index is 0.0839. The van der Waals surface area contributed by atoms with Gasteiger partial charge in [0.25, 0.3) is 0 Å².